The van der Waals surface area contributed by atoms with Crippen molar-refractivity contribution in [1.29, 1.82) is 0 Å². The zero-order valence-electron chi connectivity index (χ0n) is 10.3. The summed E-state index contributed by atoms with van der Waals surface area (Å²) in [5, 5.41) is 0. The first-order valence-corrected chi connectivity index (χ1v) is 7.57. The molecule has 0 aliphatic rings. The lowest BCUT2D eigenvalue weighted by atomic mass is 9.98. The van der Waals surface area contributed by atoms with E-state index in [1.807, 2.05) is 24.3 Å². The van der Waals surface area contributed by atoms with E-state index in [0.717, 1.165) is 19.2 Å². The molecule has 19 heavy (non-hydrogen) atoms. The lowest BCUT2D eigenvalue weighted by Gasteiger charge is -2.19. The van der Waals surface area contributed by atoms with Crippen LogP contribution in [0.25, 0.3) is 0 Å². The van der Waals surface area contributed by atoms with Gasteiger partial charge in [0.1, 0.15) is 5.82 Å². The maximum Gasteiger partial charge on any atom is 0.126 e. The van der Waals surface area contributed by atoms with E-state index in [0.29, 0.717) is 5.56 Å². The molecule has 2 aromatic carbocycles. The molecule has 0 heterocycles. The van der Waals surface area contributed by atoms with Gasteiger partial charge < -0.3 is 0 Å². The van der Waals surface area contributed by atoms with E-state index in [4.69, 9.17) is 5.84 Å². The Balaban J connectivity index is 2.49. The van der Waals surface area contributed by atoms with E-state index >= 15 is 0 Å². The highest BCUT2D eigenvalue weighted by Crippen LogP contribution is 2.29. The molecule has 2 nitrogen and oxygen atoms in total. The summed E-state index contributed by atoms with van der Waals surface area (Å²) in [4.78, 5) is 0. The van der Waals surface area contributed by atoms with Crippen LogP contribution in [-0.2, 0) is 0 Å². The molecule has 0 amide bonds. The number of hydrogen-bond acceptors (Lipinski definition) is 2. The van der Waals surface area contributed by atoms with Gasteiger partial charge in [-0.05, 0) is 70.5 Å². The van der Waals surface area contributed by atoms with Gasteiger partial charge in [-0.25, -0.2) is 9.82 Å². The highest BCUT2D eigenvalue weighted by molar-refractivity contribution is 14.1. The van der Waals surface area contributed by atoms with Gasteiger partial charge in [-0.3, -0.25) is 5.84 Å². The van der Waals surface area contributed by atoms with Crippen LogP contribution in [0.15, 0.2) is 40.9 Å². The molecule has 0 aliphatic heterocycles. The molecule has 0 saturated heterocycles. The second-order valence-corrected chi connectivity index (χ2v) is 6.35. The Labute approximate surface area is 133 Å². The first-order chi connectivity index (χ1) is 9.02. The van der Waals surface area contributed by atoms with Crippen LogP contribution in [-0.4, -0.2) is 0 Å². The minimum Gasteiger partial charge on any atom is -0.271 e. The van der Waals surface area contributed by atoms with Gasteiger partial charge in [0.15, 0.2) is 0 Å². The highest BCUT2D eigenvalue weighted by Gasteiger charge is 2.16. The molecule has 2 aromatic rings. The molecule has 100 valence electrons. The van der Waals surface area contributed by atoms with E-state index in [-0.39, 0.29) is 11.9 Å². The van der Waals surface area contributed by atoms with Crippen LogP contribution >= 0.6 is 38.5 Å². The SMILES string of the molecule is Cc1ccc(C(NN)c2cc(Br)ccc2I)cc1F. The number of halogens is 3. The molecule has 0 spiro atoms. The fraction of sp³-hybridized carbons (Fsp3) is 0.143. The molecule has 1 unspecified atom stereocenters. The van der Waals surface area contributed by atoms with Crippen molar-refractivity contribution >= 4 is 38.5 Å². The summed E-state index contributed by atoms with van der Waals surface area (Å²) in [5.41, 5.74) is 5.21. The molecule has 0 saturated carbocycles. The normalized spacial score (nSPS) is 12.5. The molecule has 0 aliphatic carbocycles. The third-order valence-corrected chi connectivity index (χ3v) is 4.44. The first-order valence-electron chi connectivity index (χ1n) is 5.70. The topological polar surface area (TPSA) is 38.0 Å². The lowest BCUT2D eigenvalue weighted by molar-refractivity contribution is 0.598. The minimum atomic E-state index is -0.237. The Kier molecular flexibility index (Phi) is 4.94. The largest absolute Gasteiger partial charge is 0.271 e. The number of nitrogens with two attached hydrogens (primary N) is 1. The molecule has 5 heteroatoms. The quantitative estimate of drug-likeness (QED) is 0.434. The van der Waals surface area contributed by atoms with Crippen LogP contribution in [0.2, 0.25) is 0 Å². The summed E-state index contributed by atoms with van der Waals surface area (Å²) < 4.78 is 15.7. The summed E-state index contributed by atoms with van der Waals surface area (Å²) >= 11 is 5.69. The summed E-state index contributed by atoms with van der Waals surface area (Å²) in [6.07, 6.45) is 0. The number of rotatable bonds is 3. The van der Waals surface area contributed by atoms with E-state index < -0.39 is 0 Å². The fourth-order valence-corrected chi connectivity index (χ4v) is 2.92. The van der Waals surface area contributed by atoms with Gasteiger partial charge in [-0.2, -0.15) is 0 Å². The number of hydrazine groups is 1. The summed E-state index contributed by atoms with van der Waals surface area (Å²) in [6, 6.07) is 10.9. The average Bonchev–Trinajstić information content (AvgIpc) is 2.38. The van der Waals surface area contributed by atoms with Crippen LogP contribution in [0.5, 0.6) is 0 Å². The molecule has 0 radical (unpaired) electrons. The predicted octanol–water partition coefficient (Wildman–Crippen LogP) is 4.05. The van der Waals surface area contributed by atoms with Gasteiger partial charge >= 0.3 is 0 Å². The maximum absolute atomic E-state index is 13.7. The average molecular weight is 435 g/mol. The maximum atomic E-state index is 13.7. The third kappa shape index (κ3) is 3.34. The van der Waals surface area contributed by atoms with Gasteiger partial charge in [-0.1, -0.05) is 28.1 Å². The molecule has 1 atom stereocenters. The number of benzene rings is 2. The van der Waals surface area contributed by atoms with Crippen LogP contribution < -0.4 is 11.3 Å². The first kappa shape index (κ1) is 14.9. The van der Waals surface area contributed by atoms with Crippen LogP contribution in [0.1, 0.15) is 22.7 Å². The fourth-order valence-electron chi connectivity index (χ4n) is 1.89. The summed E-state index contributed by atoms with van der Waals surface area (Å²) in [5.74, 6) is 5.43. The van der Waals surface area contributed by atoms with Crippen molar-refractivity contribution in [3.63, 3.8) is 0 Å². The highest BCUT2D eigenvalue weighted by atomic mass is 127. The Hall–Kier alpha value is -0.500. The van der Waals surface area contributed by atoms with Crippen molar-refractivity contribution in [1.82, 2.24) is 5.43 Å². The zero-order valence-corrected chi connectivity index (χ0v) is 14.0. The monoisotopic (exact) mass is 434 g/mol. The Morgan fingerprint density at radius 2 is 2.00 bits per heavy atom. The van der Waals surface area contributed by atoms with Gasteiger partial charge in [0.05, 0.1) is 6.04 Å². The molecule has 2 rings (SSSR count). The van der Waals surface area contributed by atoms with Crippen molar-refractivity contribution < 1.29 is 4.39 Å². The van der Waals surface area contributed by atoms with Crippen LogP contribution in [0, 0.1) is 16.3 Å². The molecular formula is C14H13BrFIN2. The van der Waals surface area contributed by atoms with E-state index in [1.165, 1.54) is 6.07 Å². The van der Waals surface area contributed by atoms with Crippen LogP contribution in [0.4, 0.5) is 4.39 Å². The molecule has 0 fully saturated rings. The minimum absolute atomic E-state index is 0.220. The van der Waals surface area contributed by atoms with Crippen molar-refractivity contribution in [2.45, 2.75) is 13.0 Å². The Morgan fingerprint density at radius 3 is 2.63 bits per heavy atom. The second kappa shape index (κ2) is 6.30. The molecule has 0 aromatic heterocycles. The molecular weight excluding hydrogens is 422 g/mol. The Bertz CT molecular complexity index is 604. The van der Waals surface area contributed by atoms with Crippen molar-refractivity contribution in [3.05, 3.63) is 66.9 Å². The van der Waals surface area contributed by atoms with E-state index in [9.17, 15) is 4.39 Å². The van der Waals surface area contributed by atoms with Crippen LogP contribution in [0.3, 0.4) is 0 Å². The van der Waals surface area contributed by atoms with Gasteiger partial charge in [0, 0.05) is 8.04 Å². The summed E-state index contributed by atoms with van der Waals surface area (Å²) in [6.45, 7) is 1.74. The number of nitrogens with one attached hydrogen (secondary N) is 1. The zero-order chi connectivity index (χ0) is 14.0. The lowest BCUT2D eigenvalue weighted by Crippen LogP contribution is -2.29. The van der Waals surface area contributed by atoms with Gasteiger partial charge in [0.25, 0.3) is 0 Å². The van der Waals surface area contributed by atoms with Crippen molar-refractivity contribution in [2.75, 3.05) is 0 Å². The van der Waals surface area contributed by atoms with Gasteiger partial charge in [0.2, 0.25) is 0 Å². The smallest absolute Gasteiger partial charge is 0.126 e. The molecule has 3 N–H and O–H groups in total. The summed E-state index contributed by atoms with van der Waals surface area (Å²) in [7, 11) is 0. The van der Waals surface area contributed by atoms with Crippen molar-refractivity contribution in [3.8, 4) is 0 Å². The van der Waals surface area contributed by atoms with Gasteiger partial charge in [-0.15, -0.1) is 0 Å². The predicted molar refractivity (Wildman–Crippen MR) is 87.2 cm³/mol. The van der Waals surface area contributed by atoms with E-state index in [1.54, 1.807) is 13.0 Å². The molecule has 0 bridgehead atoms. The number of hydrogen-bond donors (Lipinski definition) is 2. The second-order valence-electron chi connectivity index (χ2n) is 4.27. The Morgan fingerprint density at radius 1 is 1.26 bits per heavy atom. The van der Waals surface area contributed by atoms with Crippen molar-refractivity contribution in [2.24, 2.45) is 5.84 Å². The third-order valence-electron chi connectivity index (χ3n) is 2.96. The number of aryl methyl sites for hydroxylation is 1. The van der Waals surface area contributed by atoms with E-state index in [2.05, 4.69) is 43.9 Å². The standard InChI is InChI=1S/C14H13BrFIN2/c1-8-2-3-9(6-12(8)16)14(19-18)11-7-10(15)4-5-13(11)17/h2-7,14,19H,18H2,1H3.